The molecule has 0 bridgehead atoms. The van der Waals surface area contributed by atoms with Crippen molar-refractivity contribution in [2.45, 2.75) is 46.1 Å². The number of ether oxygens (including phenoxy) is 2. The number of rotatable bonds is 9. The summed E-state index contributed by atoms with van der Waals surface area (Å²) in [6.07, 6.45) is 5.00. The largest absolute Gasteiger partial charge is 0.493 e. The minimum Gasteiger partial charge on any atom is -0.493 e. The molecule has 1 aliphatic carbocycles. The van der Waals surface area contributed by atoms with Crippen molar-refractivity contribution < 1.29 is 9.47 Å². The molecule has 0 heterocycles. The number of benzene rings is 1. The van der Waals surface area contributed by atoms with E-state index in [1.807, 2.05) is 0 Å². The average molecular weight is 356 g/mol. The summed E-state index contributed by atoms with van der Waals surface area (Å²) >= 11 is 3.59. The van der Waals surface area contributed by atoms with E-state index in [1.165, 1.54) is 24.8 Å². The molecule has 21 heavy (non-hydrogen) atoms. The number of halogens is 1. The second kappa shape index (κ2) is 7.50. The van der Waals surface area contributed by atoms with Crippen LogP contribution in [0.2, 0.25) is 0 Å². The zero-order valence-corrected chi connectivity index (χ0v) is 14.9. The van der Waals surface area contributed by atoms with Gasteiger partial charge in [0.2, 0.25) is 0 Å². The molecule has 3 nitrogen and oxygen atoms in total. The quantitative estimate of drug-likeness (QED) is 0.705. The monoisotopic (exact) mass is 355 g/mol. The molecule has 0 radical (unpaired) electrons. The average Bonchev–Trinajstić information content (AvgIpc) is 3.26. The van der Waals surface area contributed by atoms with Crippen molar-refractivity contribution in [3.05, 3.63) is 22.2 Å². The van der Waals surface area contributed by atoms with Crippen LogP contribution in [-0.2, 0) is 6.54 Å². The molecule has 1 N–H and O–H groups in total. The molecule has 1 saturated carbocycles. The van der Waals surface area contributed by atoms with Gasteiger partial charge in [-0.2, -0.15) is 0 Å². The zero-order chi connectivity index (χ0) is 15.3. The van der Waals surface area contributed by atoms with Gasteiger partial charge in [0.15, 0.2) is 11.5 Å². The number of methoxy groups -OCH3 is 1. The standard InChI is InChI=1S/C17H26BrNO2/c1-4-8-21-16-14(18)9-13(10-15(16)20-3)11-19-12-17(5-2)6-7-17/h9-10,19H,4-8,11-12H2,1-3H3. The minimum absolute atomic E-state index is 0.575. The van der Waals surface area contributed by atoms with Gasteiger partial charge in [-0.15, -0.1) is 0 Å². The maximum atomic E-state index is 5.76. The lowest BCUT2D eigenvalue weighted by Gasteiger charge is -2.16. The van der Waals surface area contributed by atoms with Crippen LogP contribution in [0.1, 0.15) is 45.1 Å². The van der Waals surface area contributed by atoms with Crippen molar-refractivity contribution in [3.63, 3.8) is 0 Å². The second-order valence-electron chi connectivity index (χ2n) is 5.91. The summed E-state index contributed by atoms with van der Waals surface area (Å²) in [5.41, 5.74) is 1.79. The normalized spacial score (nSPS) is 15.8. The van der Waals surface area contributed by atoms with E-state index in [1.54, 1.807) is 7.11 Å². The molecule has 2 rings (SSSR count). The molecule has 1 fully saturated rings. The highest BCUT2D eigenvalue weighted by atomic mass is 79.9. The van der Waals surface area contributed by atoms with Gasteiger partial charge in [0.05, 0.1) is 18.2 Å². The summed E-state index contributed by atoms with van der Waals surface area (Å²) < 4.78 is 12.2. The van der Waals surface area contributed by atoms with Gasteiger partial charge in [0.25, 0.3) is 0 Å². The van der Waals surface area contributed by atoms with Crippen LogP contribution >= 0.6 is 15.9 Å². The first-order valence-corrected chi connectivity index (χ1v) is 8.63. The molecule has 0 unspecified atom stereocenters. The highest BCUT2D eigenvalue weighted by molar-refractivity contribution is 9.10. The Hall–Kier alpha value is -0.740. The molecular weight excluding hydrogens is 330 g/mol. The Morgan fingerprint density at radius 2 is 2.05 bits per heavy atom. The van der Waals surface area contributed by atoms with Gasteiger partial charge >= 0.3 is 0 Å². The lowest BCUT2D eigenvalue weighted by molar-refractivity contribution is 0.292. The summed E-state index contributed by atoms with van der Waals surface area (Å²) in [5.74, 6) is 1.60. The van der Waals surface area contributed by atoms with Crippen LogP contribution < -0.4 is 14.8 Å². The fourth-order valence-corrected chi connectivity index (χ4v) is 3.13. The molecule has 1 aliphatic rings. The molecular formula is C17H26BrNO2. The van der Waals surface area contributed by atoms with Crippen molar-refractivity contribution in [1.82, 2.24) is 5.32 Å². The Morgan fingerprint density at radius 3 is 2.62 bits per heavy atom. The summed E-state index contributed by atoms with van der Waals surface area (Å²) in [7, 11) is 1.69. The Bertz CT molecular complexity index is 472. The van der Waals surface area contributed by atoms with Gasteiger partial charge in [0, 0.05) is 13.1 Å². The van der Waals surface area contributed by atoms with Gasteiger partial charge in [-0.1, -0.05) is 13.8 Å². The van der Waals surface area contributed by atoms with E-state index in [-0.39, 0.29) is 0 Å². The van der Waals surface area contributed by atoms with Gasteiger partial charge < -0.3 is 14.8 Å². The summed E-state index contributed by atoms with van der Waals surface area (Å²) in [5, 5.41) is 3.58. The van der Waals surface area contributed by atoms with E-state index in [0.29, 0.717) is 12.0 Å². The summed E-state index contributed by atoms with van der Waals surface area (Å²) in [4.78, 5) is 0. The van der Waals surface area contributed by atoms with Crippen molar-refractivity contribution >= 4 is 15.9 Å². The number of hydrogen-bond acceptors (Lipinski definition) is 3. The van der Waals surface area contributed by atoms with E-state index in [4.69, 9.17) is 9.47 Å². The Kier molecular flexibility index (Phi) is 5.94. The Morgan fingerprint density at radius 1 is 1.29 bits per heavy atom. The van der Waals surface area contributed by atoms with Crippen LogP contribution in [0.15, 0.2) is 16.6 Å². The maximum absolute atomic E-state index is 5.76. The topological polar surface area (TPSA) is 30.5 Å². The maximum Gasteiger partial charge on any atom is 0.175 e. The molecule has 0 atom stereocenters. The lowest BCUT2D eigenvalue weighted by Crippen LogP contribution is -2.23. The van der Waals surface area contributed by atoms with Crippen LogP contribution in [0.5, 0.6) is 11.5 Å². The molecule has 118 valence electrons. The second-order valence-corrected chi connectivity index (χ2v) is 6.77. The third kappa shape index (κ3) is 4.36. The van der Waals surface area contributed by atoms with Gasteiger partial charge in [-0.25, -0.2) is 0 Å². The van der Waals surface area contributed by atoms with Crippen LogP contribution in [0, 0.1) is 5.41 Å². The zero-order valence-electron chi connectivity index (χ0n) is 13.3. The van der Waals surface area contributed by atoms with E-state index >= 15 is 0 Å². The fourth-order valence-electron chi connectivity index (χ4n) is 2.52. The first-order chi connectivity index (χ1) is 10.1. The predicted octanol–water partition coefficient (Wildman–Crippen LogP) is 4.53. The fraction of sp³-hybridized carbons (Fsp3) is 0.647. The molecule has 0 aliphatic heterocycles. The smallest absolute Gasteiger partial charge is 0.175 e. The van der Waals surface area contributed by atoms with Crippen LogP contribution in [-0.4, -0.2) is 20.3 Å². The number of nitrogens with one attached hydrogen (secondary N) is 1. The Labute approximate surface area is 136 Å². The van der Waals surface area contributed by atoms with Crippen molar-refractivity contribution in [3.8, 4) is 11.5 Å². The van der Waals surface area contributed by atoms with Crippen LogP contribution in [0.25, 0.3) is 0 Å². The minimum atomic E-state index is 0.575. The third-order valence-corrected chi connectivity index (χ3v) is 4.87. The lowest BCUT2D eigenvalue weighted by atomic mass is 10.0. The molecule has 0 aromatic heterocycles. The van der Waals surface area contributed by atoms with E-state index in [2.05, 4.69) is 47.2 Å². The van der Waals surface area contributed by atoms with Crippen LogP contribution in [0.4, 0.5) is 0 Å². The van der Waals surface area contributed by atoms with E-state index in [9.17, 15) is 0 Å². The molecule has 4 heteroatoms. The summed E-state index contributed by atoms with van der Waals surface area (Å²) in [6, 6.07) is 4.18. The van der Waals surface area contributed by atoms with Gasteiger partial charge in [-0.3, -0.25) is 0 Å². The first-order valence-electron chi connectivity index (χ1n) is 7.84. The third-order valence-electron chi connectivity index (χ3n) is 4.28. The van der Waals surface area contributed by atoms with Crippen molar-refractivity contribution in [2.75, 3.05) is 20.3 Å². The highest BCUT2D eigenvalue weighted by Crippen LogP contribution is 2.47. The SMILES string of the molecule is CCCOc1c(Br)cc(CNCC2(CC)CC2)cc1OC. The first kappa shape index (κ1) is 16.6. The Balaban J connectivity index is 1.98. The van der Waals surface area contributed by atoms with E-state index in [0.717, 1.165) is 35.5 Å². The van der Waals surface area contributed by atoms with E-state index < -0.39 is 0 Å². The van der Waals surface area contributed by atoms with Crippen LogP contribution in [0.3, 0.4) is 0 Å². The van der Waals surface area contributed by atoms with Gasteiger partial charge in [0.1, 0.15) is 0 Å². The van der Waals surface area contributed by atoms with Gasteiger partial charge in [-0.05, 0) is 64.7 Å². The number of hydrogen-bond donors (Lipinski definition) is 1. The molecule has 0 spiro atoms. The molecule has 1 aromatic rings. The molecule has 0 amide bonds. The van der Waals surface area contributed by atoms with Crippen molar-refractivity contribution in [2.24, 2.45) is 5.41 Å². The molecule has 0 saturated heterocycles. The van der Waals surface area contributed by atoms with Crippen molar-refractivity contribution in [1.29, 1.82) is 0 Å². The summed E-state index contributed by atoms with van der Waals surface area (Å²) in [6.45, 7) is 7.06. The predicted molar refractivity (Wildman–Crippen MR) is 90.1 cm³/mol. The highest BCUT2D eigenvalue weighted by Gasteiger charge is 2.39. The molecule has 1 aromatic carbocycles.